The maximum absolute atomic E-state index is 13.9. The molecular formula is C24H17F4N5O2. The van der Waals surface area contributed by atoms with Crippen LogP contribution >= 0.6 is 0 Å². The van der Waals surface area contributed by atoms with Gasteiger partial charge in [0.2, 0.25) is 11.8 Å². The predicted octanol–water partition coefficient (Wildman–Crippen LogP) is 5.25. The van der Waals surface area contributed by atoms with Crippen molar-refractivity contribution in [3.63, 3.8) is 0 Å². The van der Waals surface area contributed by atoms with Crippen LogP contribution in [0.2, 0.25) is 0 Å². The van der Waals surface area contributed by atoms with Crippen LogP contribution in [0.4, 0.5) is 28.9 Å². The predicted molar refractivity (Wildman–Crippen MR) is 123 cm³/mol. The van der Waals surface area contributed by atoms with Crippen LogP contribution in [0.15, 0.2) is 60.8 Å². The van der Waals surface area contributed by atoms with Crippen molar-refractivity contribution in [2.24, 2.45) is 0 Å². The molecule has 2 heterocycles. The molecule has 2 amide bonds. The summed E-state index contributed by atoms with van der Waals surface area (Å²) in [7, 11) is 0. The number of anilines is 2. The first-order valence-electron chi connectivity index (χ1n) is 10.2. The third kappa shape index (κ3) is 5.88. The first-order valence-corrected chi connectivity index (χ1v) is 10.2. The van der Waals surface area contributed by atoms with Crippen LogP contribution < -0.4 is 10.6 Å². The molecule has 2 aromatic heterocycles. The van der Waals surface area contributed by atoms with Gasteiger partial charge in [0.1, 0.15) is 12.2 Å². The van der Waals surface area contributed by atoms with E-state index in [1.807, 2.05) is 24.3 Å². The second-order valence-corrected chi connectivity index (χ2v) is 7.42. The number of amides is 2. The number of hydrogen-bond donors (Lipinski definition) is 3. The second kappa shape index (κ2) is 9.75. The number of nitrogens with one attached hydrogen (secondary N) is 3. The maximum atomic E-state index is 13.9. The van der Waals surface area contributed by atoms with Crippen LogP contribution in [0.5, 0.6) is 0 Å². The number of halogens is 4. The summed E-state index contributed by atoms with van der Waals surface area (Å²) >= 11 is 0. The fraction of sp³-hybridized carbons (Fsp3) is 0.0833. The Kier molecular flexibility index (Phi) is 6.58. The van der Waals surface area contributed by atoms with Crippen molar-refractivity contribution in [3.05, 3.63) is 83.6 Å². The van der Waals surface area contributed by atoms with Gasteiger partial charge in [0.25, 0.3) is 0 Å². The minimum absolute atomic E-state index is 0.273. The highest BCUT2D eigenvalue weighted by atomic mass is 19.4. The van der Waals surface area contributed by atoms with Crippen molar-refractivity contribution in [2.75, 3.05) is 10.6 Å². The standard InChI is InChI=1S/C24H17F4N5O2/c25-18-11-14(24(26,27)28)4-8-20(18)31-23(35)13-22(34)30-16-5-7-17-19(32-33-21(17)12-16)9-6-15-3-1-2-10-29-15/h1-12H,13H2,(H,30,34)(H,31,35)(H,32,33). The third-order valence-electron chi connectivity index (χ3n) is 4.87. The Bertz CT molecular complexity index is 1410. The van der Waals surface area contributed by atoms with Gasteiger partial charge in [-0.25, -0.2) is 4.39 Å². The number of pyridine rings is 1. The molecule has 0 aliphatic carbocycles. The molecule has 4 aromatic rings. The molecule has 2 aromatic carbocycles. The molecule has 0 unspecified atom stereocenters. The lowest BCUT2D eigenvalue weighted by molar-refractivity contribution is -0.137. The number of hydrogen-bond acceptors (Lipinski definition) is 4. The molecule has 0 aliphatic heterocycles. The van der Waals surface area contributed by atoms with E-state index in [-0.39, 0.29) is 6.07 Å². The van der Waals surface area contributed by atoms with E-state index in [1.54, 1.807) is 30.5 Å². The highest BCUT2D eigenvalue weighted by Crippen LogP contribution is 2.31. The normalized spacial score (nSPS) is 11.7. The minimum atomic E-state index is -4.71. The summed E-state index contributed by atoms with van der Waals surface area (Å²) in [5.41, 5.74) is 0.819. The Morgan fingerprint density at radius 3 is 2.49 bits per heavy atom. The van der Waals surface area contributed by atoms with Crippen LogP contribution in [0.25, 0.3) is 23.1 Å². The van der Waals surface area contributed by atoms with Crippen LogP contribution in [-0.2, 0) is 15.8 Å². The first-order chi connectivity index (χ1) is 16.7. The summed E-state index contributed by atoms with van der Waals surface area (Å²) in [5.74, 6) is -2.83. The quantitative estimate of drug-likeness (QED) is 0.258. The van der Waals surface area contributed by atoms with E-state index in [0.29, 0.717) is 23.0 Å². The van der Waals surface area contributed by atoms with Crippen LogP contribution in [0, 0.1) is 5.82 Å². The number of rotatable bonds is 6. The van der Waals surface area contributed by atoms with E-state index in [1.165, 1.54) is 0 Å². The summed E-state index contributed by atoms with van der Waals surface area (Å²) < 4.78 is 51.8. The van der Waals surface area contributed by atoms with Gasteiger partial charge in [-0.15, -0.1) is 0 Å². The van der Waals surface area contributed by atoms with Gasteiger partial charge in [-0.2, -0.15) is 18.3 Å². The lowest BCUT2D eigenvalue weighted by Crippen LogP contribution is -2.22. The number of H-pyrrole nitrogens is 1. The summed E-state index contributed by atoms with van der Waals surface area (Å²) in [5, 5.41) is 12.5. The summed E-state index contributed by atoms with van der Waals surface area (Å²) in [4.78, 5) is 28.5. The van der Waals surface area contributed by atoms with Gasteiger partial charge >= 0.3 is 6.18 Å². The molecule has 0 spiro atoms. The largest absolute Gasteiger partial charge is 0.416 e. The molecule has 4 rings (SSSR count). The molecule has 0 aliphatic rings. The molecule has 0 atom stereocenters. The first kappa shape index (κ1) is 23.6. The fourth-order valence-corrected chi connectivity index (χ4v) is 3.22. The Morgan fingerprint density at radius 2 is 1.77 bits per heavy atom. The van der Waals surface area contributed by atoms with Crippen molar-refractivity contribution in [1.29, 1.82) is 0 Å². The number of aromatic nitrogens is 3. The number of carbonyl (C=O) groups excluding carboxylic acids is 2. The van der Waals surface area contributed by atoms with E-state index >= 15 is 0 Å². The molecule has 35 heavy (non-hydrogen) atoms. The number of nitrogens with zero attached hydrogens (tertiary/aromatic N) is 2. The highest BCUT2D eigenvalue weighted by molar-refractivity contribution is 6.08. The lowest BCUT2D eigenvalue weighted by Gasteiger charge is -2.10. The van der Waals surface area contributed by atoms with Gasteiger partial charge in [0, 0.05) is 17.3 Å². The zero-order valence-corrected chi connectivity index (χ0v) is 17.9. The smallest absolute Gasteiger partial charge is 0.326 e. The van der Waals surface area contributed by atoms with Gasteiger partial charge in [0.05, 0.1) is 28.2 Å². The van der Waals surface area contributed by atoms with Crippen LogP contribution in [0.1, 0.15) is 23.4 Å². The van der Waals surface area contributed by atoms with Crippen molar-refractivity contribution in [2.45, 2.75) is 12.6 Å². The van der Waals surface area contributed by atoms with E-state index in [9.17, 15) is 27.2 Å². The summed E-state index contributed by atoms with van der Waals surface area (Å²) in [6, 6.07) is 12.2. The second-order valence-electron chi connectivity index (χ2n) is 7.42. The summed E-state index contributed by atoms with van der Waals surface area (Å²) in [6.07, 6.45) is -0.0974. The molecule has 178 valence electrons. The zero-order valence-electron chi connectivity index (χ0n) is 17.9. The van der Waals surface area contributed by atoms with Gasteiger partial charge in [-0.3, -0.25) is 19.7 Å². The topological polar surface area (TPSA) is 99.8 Å². The monoisotopic (exact) mass is 483 g/mol. The van der Waals surface area contributed by atoms with Crippen LogP contribution in [0.3, 0.4) is 0 Å². The number of carbonyl (C=O) groups is 2. The molecule has 0 bridgehead atoms. The van der Waals surface area contributed by atoms with E-state index < -0.39 is 41.5 Å². The zero-order chi connectivity index (χ0) is 25.0. The van der Waals surface area contributed by atoms with E-state index in [2.05, 4.69) is 25.8 Å². The van der Waals surface area contributed by atoms with Gasteiger partial charge in [0.15, 0.2) is 0 Å². The minimum Gasteiger partial charge on any atom is -0.326 e. The Hall–Kier alpha value is -4.54. The Morgan fingerprint density at radius 1 is 0.971 bits per heavy atom. The molecule has 7 nitrogen and oxygen atoms in total. The molecule has 0 fully saturated rings. The number of aromatic amines is 1. The fourth-order valence-electron chi connectivity index (χ4n) is 3.22. The SMILES string of the molecule is O=C(CC(=O)Nc1ccc(C(F)(F)F)cc1F)Nc1ccc2c(C=Cc3ccccn3)n[nH]c2c1. The molecule has 0 saturated carbocycles. The Labute approximate surface area is 195 Å². The molecule has 3 N–H and O–H groups in total. The highest BCUT2D eigenvalue weighted by Gasteiger charge is 2.31. The molecule has 0 saturated heterocycles. The molecule has 11 heteroatoms. The van der Waals surface area contributed by atoms with Crippen molar-refractivity contribution >= 4 is 46.2 Å². The van der Waals surface area contributed by atoms with E-state index in [4.69, 9.17) is 0 Å². The third-order valence-corrected chi connectivity index (χ3v) is 4.87. The maximum Gasteiger partial charge on any atom is 0.416 e. The average molecular weight is 483 g/mol. The van der Waals surface area contributed by atoms with Crippen molar-refractivity contribution in [1.82, 2.24) is 15.2 Å². The summed E-state index contributed by atoms with van der Waals surface area (Å²) in [6.45, 7) is 0. The molecule has 0 radical (unpaired) electrons. The van der Waals surface area contributed by atoms with Gasteiger partial charge in [-0.05, 0) is 60.7 Å². The van der Waals surface area contributed by atoms with Crippen molar-refractivity contribution < 1.29 is 27.2 Å². The van der Waals surface area contributed by atoms with Crippen molar-refractivity contribution in [3.8, 4) is 0 Å². The Balaban J connectivity index is 1.37. The average Bonchev–Trinajstić information content (AvgIpc) is 3.21. The van der Waals surface area contributed by atoms with E-state index in [0.717, 1.165) is 17.1 Å². The number of fused-ring (bicyclic) bond motifs is 1. The van der Waals surface area contributed by atoms with Gasteiger partial charge in [-0.1, -0.05) is 6.07 Å². The molecular weight excluding hydrogens is 466 g/mol. The number of benzene rings is 2. The lowest BCUT2D eigenvalue weighted by atomic mass is 10.1. The van der Waals surface area contributed by atoms with Crippen LogP contribution in [-0.4, -0.2) is 27.0 Å². The number of alkyl halides is 3. The van der Waals surface area contributed by atoms with Gasteiger partial charge < -0.3 is 10.6 Å².